The van der Waals surface area contributed by atoms with Gasteiger partial charge in [0, 0.05) is 18.7 Å². The Morgan fingerprint density at radius 3 is 2.62 bits per heavy atom. The van der Waals surface area contributed by atoms with Crippen LogP contribution in [0.3, 0.4) is 0 Å². The maximum absolute atomic E-state index is 14.1. The van der Waals surface area contributed by atoms with Gasteiger partial charge >= 0.3 is 11.2 Å². The lowest BCUT2D eigenvalue weighted by Gasteiger charge is -2.14. The molecule has 3 aromatic rings. The Kier molecular flexibility index (Phi) is 7.67. The van der Waals surface area contributed by atoms with Gasteiger partial charge in [0.25, 0.3) is 5.91 Å². The van der Waals surface area contributed by atoms with E-state index < -0.39 is 23.0 Å². The average Bonchev–Trinajstić information content (AvgIpc) is 2.78. The Bertz CT molecular complexity index is 1210. The second-order valence-corrected chi connectivity index (χ2v) is 7.27. The second kappa shape index (κ2) is 10.6. The first-order valence-corrected chi connectivity index (χ1v) is 10.3. The van der Waals surface area contributed by atoms with E-state index >= 15 is 0 Å². The minimum Gasteiger partial charge on any atom is -0.401 e. The first-order valence-electron chi connectivity index (χ1n) is 9.93. The van der Waals surface area contributed by atoms with Gasteiger partial charge in [-0.05, 0) is 18.1 Å². The molecule has 32 heavy (non-hydrogen) atoms. The van der Waals surface area contributed by atoms with Crippen molar-refractivity contribution >= 4 is 23.3 Å². The third-order valence-electron chi connectivity index (χ3n) is 4.52. The number of amides is 1. The van der Waals surface area contributed by atoms with Crippen molar-refractivity contribution < 1.29 is 14.0 Å². The summed E-state index contributed by atoms with van der Waals surface area (Å²) in [5, 5.41) is 5.28. The van der Waals surface area contributed by atoms with Gasteiger partial charge in [-0.15, -0.1) is 0 Å². The fourth-order valence-electron chi connectivity index (χ4n) is 2.89. The van der Waals surface area contributed by atoms with Gasteiger partial charge in [0.2, 0.25) is 0 Å². The largest absolute Gasteiger partial charge is 0.401 e. The number of benzene rings is 2. The lowest BCUT2D eigenvalue weighted by Crippen LogP contribution is -2.45. The number of carbonyl (C=O) groups excluding carboxylic acids is 1. The number of aromatic nitrogens is 2. The molecule has 0 aliphatic heterocycles. The van der Waals surface area contributed by atoms with E-state index in [1.165, 1.54) is 12.1 Å². The number of nitrogens with one attached hydrogen (secondary N) is 3. The van der Waals surface area contributed by atoms with Gasteiger partial charge in [-0.1, -0.05) is 65.7 Å². The molecule has 0 saturated carbocycles. The molecule has 1 heterocycles. The number of anilines is 1. The zero-order valence-electron chi connectivity index (χ0n) is 17.3. The Morgan fingerprint density at radius 2 is 1.91 bits per heavy atom. The standard InChI is InChI=1S/C22H22ClFN4O4/c1-2-11-25-19-17(20(29)26-12-15-9-6-10-16(23)18(15)24)21(30)28(22(31)27-19)32-13-14-7-4-3-5-8-14/h3-10,25H,2,11-13H2,1H3,(H,26,29)(H,27,31). The third-order valence-corrected chi connectivity index (χ3v) is 4.81. The highest BCUT2D eigenvalue weighted by Crippen LogP contribution is 2.17. The Hall–Kier alpha value is -3.59. The lowest BCUT2D eigenvalue weighted by molar-refractivity contribution is 0.0764. The highest BCUT2D eigenvalue weighted by Gasteiger charge is 2.22. The molecule has 8 nitrogen and oxygen atoms in total. The molecule has 10 heteroatoms. The van der Waals surface area contributed by atoms with Crippen molar-refractivity contribution in [2.24, 2.45) is 0 Å². The highest BCUT2D eigenvalue weighted by atomic mass is 35.5. The van der Waals surface area contributed by atoms with Gasteiger partial charge in [-0.2, -0.15) is 0 Å². The van der Waals surface area contributed by atoms with E-state index in [4.69, 9.17) is 16.4 Å². The van der Waals surface area contributed by atoms with Gasteiger partial charge < -0.3 is 15.5 Å². The topological polar surface area (TPSA) is 105 Å². The summed E-state index contributed by atoms with van der Waals surface area (Å²) in [5.74, 6) is -1.50. The smallest absolute Gasteiger partial charge is 0.363 e. The van der Waals surface area contributed by atoms with Crippen LogP contribution in [-0.4, -0.2) is 22.2 Å². The maximum Gasteiger partial charge on any atom is 0.363 e. The number of nitrogens with zero attached hydrogens (tertiary/aromatic N) is 1. The molecule has 0 aliphatic carbocycles. The Balaban J connectivity index is 1.90. The molecular formula is C22H22ClFN4O4. The molecule has 0 saturated heterocycles. The van der Waals surface area contributed by atoms with Gasteiger partial charge in [0.15, 0.2) is 0 Å². The van der Waals surface area contributed by atoms with Crippen LogP contribution >= 0.6 is 11.6 Å². The van der Waals surface area contributed by atoms with Crippen LogP contribution in [0.1, 0.15) is 34.8 Å². The Labute approximate surface area is 188 Å². The zero-order chi connectivity index (χ0) is 23.1. The first-order chi connectivity index (χ1) is 15.4. The van der Waals surface area contributed by atoms with Crippen molar-refractivity contribution in [1.82, 2.24) is 15.0 Å². The predicted molar refractivity (Wildman–Crippen MR) is 119 cm³/mol. The number of H-pyrrole nitrogens is 1. The van der Waals surface area contributed by atoms with Crippen molar-refractivity contribution in [2.75, 3.05) is 11.9 Å². The highest BCUT2D eigenvalue weighted by molar-refractivity contribution is 6.30. The number of hydrogen-bond acceptors (Lipinski definition) is 5. The number of hydrogen-bond donors (Lipinski definition) is 3. The number of rotatable bonds is 9. The quantitative estimate of drug-likeness (QED) is 0.455. The van der Waals surface area contributed by atoms with E-state index in [-0.39, 0.29) is 35.1 Å². The maximum atomic E-state index is 14.1. The van der Waals surface area contributed by atoms with Crippen molar-refractivity contribution in [2.45, 2.75) is 26.5 Å². The normalized spacial score (nSPS) is 10.6. The van der Waals surface area contributed by atoms with E-state index in [1.54, 1.807) is 30.3 Å². The van der Waals surface area contributed by atoms with Crippen LogP contribution in [0.2, 0.25) is 5.02 Å². The molecule has 0 spiro atoms. The summed E-state index contributed by atoms with van der Waals surface area (Å²) in [6.45, 7) is 2.03. The molecule has 0 bridgehead atoms. The molecule has 0 fully saturated rings. The van der Waals surface area contributed by atoms with Crippen molar-refractivity contribution in [3.8, 4) is 0 Å². The molecule has 2 aromatic carbocycles. The number of carbonyl (C=O) groups is 1. The predicted octanol–water partition coefficient (Wildman–Crippen LogP) is 2.71. The molecule has 0 aliphatic rings. The van der Waals surface area contributed by atoms with E-state index in [0.29, 0.717) is 17.7 Å². The van der Waals surface area contributed by atoms with E-state index in [9.17, 15) is 18.8 Å². The number of aromatic amines is 1. The molecule has 168 valence electrons. The Morgan fingerprint density at radius 1 is 1.16 bits per heavy atom. The molecule has 0 radical (unpaired) electrons. The van der Waals surface area contributed by atoms with E-state index in [2.05, 4.69) is 15.6 Å². The van der Waals surface area contributed by atoms with Gasteiger partial charge in [0.05, 0.1) is 5.02 Å². The monoisotopic (exact) mass is 460 g/mol. The van der Waals surface area contributed by atoms with Crippen LogP contribution in [0.25, 0.3) is 0 Å². The molecule has 1 amide bonds. The molecule has 3 N–H and O–H groups in total. The van der Waals surface area contributed by atoms with Crippen LogP contribution in [0.5, 0.6) is 0 Å². The van der Waals surface area contributed by atoms with Crippen molar-refractivity contribution in [1.29, 1.82) is 0 Å². The van der Waals surface area contributed by atoms with Crippen LogP contribution in [0.15, 0.2) is 58.1 Å². The molecule has 1 aromatic heterocycles. The minimum atomic E-state index is -0.938. The third kappa shape index (κ3) is 5.36. The van der Waals surface area contributed by atoms with Crippen LogP contribution < -0.4 is 26.7 Å². The first kappa shape index (κ1) is 23.1. The summed E-state index contributed by atoms with van der Waals surface area (Å²) >= 11 is 5.77. The minimum absolute atomic E-state index is 0.0366. The van der Waals surface area contributed by atoms with Crippen molar-refractivity contribution in [3.63, 3.8) is 0 Å². The summed E-state index contributed by atoms with van der Waals surface area (Å²) < 4.78 is 14.6. The molecule has 0 atom stereocenters. The van der Waals surface area contributed by atoms with Crippen LogP contribution in [-0.2, 0) is 13.2 Å². The molecule has 3 rings (SSSR count). The summed E-state index contributed by atoms with van der Waals surface area (Å²) in [6.07, 6.45) is 0.685. The lowest BCUT2D eigenvalue weighted by atomic mass is 10.2. The summed E-state index contributed by atoms with van der Waals surface area (Å²) in [5.41, 5.74) is -1.24. The van der Waals surface area contributed by atoms with E-state index in [0.717, 1.165) is 5.56 Å². The number of halogens is 2. The SMILES string of the molecule is CCCNc1[nH]c(=O)n(OCc2ccccc2)c(=O)c1C(=O)NCc1cccc(Cl)c1F. The van der Waals surface area contributed by atoms with Crippen molar-refractivity contribution in [3.05, 3.63) is 96.9 Å². The summed E-state index contributed by atoms with van der Waals surface area (Å²) in [6, 6.07) is 13.3. The van der Waals surface area contributed by atoms with Gasteiger partial charge in [0.1, 0.15) is 23.8 Å². The van der Waals surface area contributed by atoms with Crippen LogP contribution in [0.4, 0.5) is 10.2 Å². The van der Waals surface area contributed by atoms with Gasteiger partial charge in [-0.3, -0.25) is 14.6 Å². The van der Waals surface area contributed by atoms with Crippen LogP contribution in [0, 0.1) is 5.82 Å². The summed E-state index contributed by atoms with van der Waals surface area (Å²) in [4.78, 5) is 46.1. The zero-order valence-corrected chi connectivity index (χ0v) is 18.0. The fraction of sp³-hybridized carbons (Fsp3) is 0.227. The van der Waals surface area contributed by atoms with Gasteiger partial charge in [-0.25, -0.2) is 9.18 Å². The summed E-state index contributed by atoms with van der Waals surface area (Å²) in [7, 11) is 0. The second-order valence-electron chi connectivity index (χ2n) is 6.86. The average molecular weight is 461 g/mol. The molecule has 0 unspecified atom stereocenters. The molecular weight excluding hydrogens is 439 g/mol. The van der Waals surface area contributed by atoms with E-state index in [1.807, 2.05) is 13.0 Å². The fourth-order valence-corrected chi connectivity index (χ4v) is 3.09.